The van der Waals surface area contributed by atoms with Gasteiger partial charge in [-0.1, -0.05) is 0 Å². The molecule has 0 amide bonds. The summed E-state index contributed by atoms with van der Waals surface area (Å²) < 4.78 is 7.32. The van der Waals surface area contributed by atoms with Crippen LogP contribution in [0, 0.1) is 0 Å². The molecule has 12 heavy (non-hydrogen) atoms. The standard InChI is InChI=1S/C8H13N3O/c1-11-7(2-4-10-11)8-6(9)3-5-12-8/h2,4,6,8H,3,5,9H2,1H3/t6-,8+/m1/s1. The number of nitrogens with two attached hydrogens (primary N) is 1. The normalized spacial score (nSPS) is 29.5. The maximum absolute atomic E-state index is 5.87. The summed E-state index contributed by atoms with van der Waals surface area (Å²) >= 11 is 0. The fraction of sp³-hybridized carbons (Fsp3) is 0.625. The molecule has 4 heteroatoms. The second-order valence-electron chi connectivity index (χ2n) is 3.12. The highest BCUT2D eigenvalue weighted by Crippen LogP contribution is 2.26. The number of rotatable bonds is 1. The third-order valence-corrected chi connectivity index (χ3v) is 2.29. The highest BCUT2D eigenvalue weighted by molar-refractivity contribution is 5.08. The molecule has 1 aliphatic heterocycles. The first-order valence-corrected chi connectivity index (χ1v) is 4.14. The molecule has 4 nitrogen and oxygen atoms in total. The Labute approximate surface area is 71.3 Å². The summed E-state index contributed by atoms with van der Waals surface area (Å²) in [7, 11) is 1.91. The summed E-state index contributed by atoms with van der Waals surface area (Å²) in [6.45, 7) is 0.761. The van der Waals surface area contributed by atoms with Gasteiger partial charge in [0, 0.05) is 25.9 Å². The van der Waals surface area contributed by atoms with Crippen LogP contribution in [0.5, 0.6) is 0 Å². The van der Waals surface area contributed by atoms with Gasteiger partial charge in [-0.05, 0) is 12.5 Å². The van der Waals surface area contributed by atoms with Gasteiger partial charge in [0.25, 0.3) is 0 Å². The molecule has 0 saturated carbocycles. The van der Waals surface area contributed by atoms with E-state index < -0.39 is 0 Å². The van der Waals surface area contributed by atoms with E-state index in [0.29, 0.717) is 0 Å². The van der Waals surface area contributed by atoms with E-state index in [-0.39, 0.29) is 12.1 Å². The van der Waals surface area contributed by atoms with Gasteiger partial charge in [-0.25, -0.2) is 0 Å². The summed E-state index contributed by atoms with van der Waals surface area (Å²) in [6, 6.07) is 2.08. The maximum atomic E-state index is 5.87. The average Bonchev–Trinajstić information content (AvgIpc) is 2.59. The van der Waals surface area contributed by atoms with Gasteiger partial charge in [-0.3, -0.25) is 4.68 Å². The Morgan fingerprint density at radius 1 is 1.75 bits per heavy atom. The minimum Gasteiger partial charge on any atom is -0.370 e. The minimum absolute atomic E-state index is 0.0394. The molecule has 0 aromatic carbocycles. The summed E-state index contributed by atoms with van der Waals surface area (Å²) in [4.78, 5) is 0. The lowest BCUT2D eigenvalue weighted by Gasteiger charge is -2.14. The van der Waals surface area contributed by atoms with Crippen LogP contribution in [0.15, 0.2) is 12.3 Å². The zero-order valence-corrected chi connectivity index (χ0v) is 7.10. The Morgan fingerprint density at radius 3 is 3.08 bits per heavy atom. The quantitative estimate of drug-likeness (QED) is 0.650. The third-order valence-electron chi connectivity index (χ3n) is 2.29. The monoisotopic (exact) mass is 167 g/mol. The van der Waals surface area contributed by atoms with Crippen molar-refractivity contribution in [3.63, 3.8) is 0 Å². The van der Waals surface area contributed by atoms with E-state index >= 15 is 0 Å². The number of hydrogen-bond donors (Lipinski definition) is 1. The van der Waals surface area contributed by atoms with Crippen molar-refractivity contribution in [2.45, 2.75) is 18.6 Å². The number of nitrogens with zero attached hydrogens (tertiary/aromatic N) is 2. The van der Waals surface area contributed by atoms with Gasteiger partial charge in [-0.2, -0.15) is 5.10 Å². The van der Waals surface area contributed by atoms with Gasteiger partial charge in [-0.15, -0.1) is 0 Å². The van der Waals surface area contributed by atoms with Crippen LogP contribution in [-0.2, 0) is 11.8 Å². The SMILES string of the molecule is Cn1nccc1[C@H]1OCC[C@H]1N. The fourth-order valence-electron chi connectivity index (χ4n) is 1.57. The van der Waals surface area contributed by atoms with Crippen molar-refractivity contribution in [1.29, 1.82) is 0 Å². The van der Waals surface area contributed by atoms with E-state index in [1.54, 1.807) is 6.20 Å². The molecule has 1 saturated heterocycles. The van der Waals surface area contributed by atoms with Crippen LogP contribution in [0.1, 0.15) is 18.2 Å². The average molecular weight is 167 g/mol. The molecule has 2 atom stereocenters. The van der Waals surface area contributed by atoms with E-state index in [2.05, 4.69) is 5.10 Å². The molecule has 1 aliphatic rings. The second-order valence-corrected chi connectivity index (χ2v) is 3.12. The zero-order chi connectivity index (χ0) is 8.55. The summed E-state index contributed by atoms with van der Waals surface area (Å²) in [5.74, 6) is 0. The molecule has 2 rings (SSSR count). The molecule has 0 aliphatic carbocycles. The molecule has 66 valence electrons. The second kappa shape index (κ2) is 2.88. The van der Waals surface area contributed by atoms with Crippen molar-refractivity contribution in [2.75, 3.05) is 6.61 Å². The predicted octanol–water partition coefficient (Wildman–Crippen LogP) is 0.209. The molecule has 2 heterocycles. The summed E-state index contributed by atoms with van der Waals surface area (Å²) in [5.41, 5.74) is 6.94. The van der Waals surface area contributed by atoms with Crippen LogP contribution in [0.4, 0.5) is 0 Å². The van der Waals surface area contributed by atoms with Crippen LogP contribution < -0.4 is 5.73 Å². The minimum atomic E-state index is 0.0394. The highest BCUT2D eigenvalue weighted by Gasteiger charge is 2.28. The Balaban J connectivity index is 2.24. The van der Waals surface area contributed by atoms with Crippen LogP contribution >= 0.6 is 0 Å². The predicted molar refractivity (Wildman–Crippen MR) is 44.5 cm³/mol. The summed E-state index contributed by atoms with van der Waals surface area (Å²) in [6.07, 6.45) is 2.75. The van der Waals surface area contributed by atoms with Crippen LogP contribution in [0.2, 0.25) is 0 Å². The lowest BCUT2D eigenvalue weighted by Crippen LogP contribution is -2.25. The molecule has 0 spiro atoms. The van der Waals surface area contributed by atoms with Gasteiger partial charge in [0.05, 0.1) is 5.69 Å². The summed E-state index contributed by atoms with van der Waals surface area (Å²) in [5, 5.41) is 4.08. The first kappa shape index (κ1) is 7.76. The first-order valence-electron chi connectivity index (χ1n) is 4.14. The van der Waals surface area contributed by atoms with E-state index in [4.69, 9.17) is 10.5 Å². The largest absolute Gasteiger partial charge is 0.370 e. The molecule has 2 N–H and O–H groups in total. The third kappa shape index (κ3) is 1.13. The molecular formula is C8H13N3O. The van der Waals surface area contributed by atoms with Crippen LogP contribution in [-0.4, -0.2) is 22.4 Å². The lowest BCUT2D eigenvalue weighted by molar-refractivity contribution is 0.0983. The number of aryl methyl sites for hydroxylation is 1. The van der Waals surface area contributed by atoms with Gasteiger partial charge < -0.3 is 10.5 Å². The van der Waals surface area contributed by atoms with E-state index in [1.165, 1.54) is 0 Å². The van der Waals surface area contributed by atoms with E-state index in [0.717, 1.165) is 18.7 Å². The van der Waals surface area contributed by atoms with Crippen molar-refractivity contribution in [3.8, 4) is 0 Å². The molecular weight excluding hydrogens is 154 g/mol. The van der Waals surface area contributed by atoms with Gasteiger partial charge in [0.1, 0.15) is 6.10 Å². The molecule has 1 aromatic heterocycles. The van der Waals surface area contributed by atoms with Gasteiger partial charge in [0.2, 0.25) is 0 Å². The number of hydrogen-bond acceptors (Lipinski definition) is 3. The van der Waals surface area contributed by atoms with E-state index in [9.17, 15) is 0 Å². The number of aromatic nitrogens is 2. The van der Waals surface area contributed by atoms with Crippen LogP contribution in [0.25, 0.3) is 0 Å². The van der Waals surface area contributed by atoms with Crippen molar-refractivity contribution >= 4 is 0 Å². The molecule has 0 unspecified atom stereocenters. The van der Waals surface area contributed by atoms with Gasteiger partial charge >= 0.3 is 0 Å². The molecule has 0 radical (unpaired) electrons. The maximum Gasteiger partial charge on any atom is 0.114 e. The van der Waals surface area contributed by atoms with Crippen molar-refractivity contribution < 1.29 is 4.74 Å². The number of ether oxygens (including phenoxy) is 1. The van der Waals surface area contributed by atoms with Crippen molar-refractivity contribution in [2.24, 2.45) is 12.8 Å². The topological polar surface area (TPSA) is 53.1 Å². The highest BCUT2D eigenvalue weighted by atomic mass is 16.5. The lowest BCUT2D eigenvalue weighted by atomic mass is 10.1. The zero-order valence-electron chi connectivity index (χ0n) is 7.10. The molecule has 1 aromatic rings. The molecule has 1 fully saturated rings. The Kier molecular flexibility index (Phi) is 1.86. The Morgan fingerprint density at radius 2 is 2.58 bits per heavy atom. The fourth-order valence-corrected chi connectivity index (χ4v) is 1.57. The van der Waals surface area contributed by atoms with Gasteiger partial charge in [0.15, 0.2) is 0 Å². The molecule has 0 bridgehead atoms. The Hall–Kier alpha value is -0.870. The Bertz CT molecular complexity index is 271. The van der Waals surface area contributed by atoms with Crippen molar-refractivity contribution in [3.05, 3.63) is 18.0 Å². The van der Waals surface area contributed by atoms with E-state index in [1.807, 2.05) is 17.8 Å². The van der Waals surface area contributed by atoms with Crippen molar-refractivity contribution in [1.82, 2.24) is 9.78 Å². The van der Waals surface area contributed by atoms with Crippen LogP contribution in [0.3, 0.4) is 0 Å². The first-order chi connectivity index (χ1) is 5.79. The smallest absolute Gasteiger partial charge is 0.114 e.